The van der Waals surface area contributed by atoms with Gasteiger partial charge in [-0.25, -0.2) is 4.79 Å². The van der Waals surface area contributed by atoms with Gasteiger partial charge in [-0.15, -0.1) is 0 Å². The summed E-state index contributed by atoms with van der Waals surface area (Å²) in [6.45, 7) is 2.84. The second-order valence-electron chi connectivity index (χ2n) is 6.94. The minimum absolute atomic E-state index is 0.106. The minimum atomic E-state index is -0.493. The largest absolute Gasteiger partial charge is 0.462 e. The van der Waals surface area contributed by atoms with Crippen molar-refractivity contribution in [2.75, 3.05) is 18.5 Å². The molecule has 2 amide bonds. The summed E-state index contributed by atoms with van der Waals surface area (Å²) < 4.78 is 6.48. The van der Waals surface area contributed by atoms with Gasteiger partial charge in [-0.2, -0.15) is 5.10 Å². The Hall–Kier alpha value is -2.38. The summed E-state index contributed by atoms with van der Waals surface area (Å²) in [4.78, 5) is 38.5. The fourth-order valence-electron chi connectivity index (χ4n) is 3.87. The average molecular weight is 362 g/mol. The van der Waals surface area contributed by atoms with Crippen molar-refractivity contribution in [3.8, 4) is 0 Å². The molecule has 142 valence electrons. The third-order valence-electron chi connectivity index (χ3n) is 5.29. The zero-order chi connectivity index (χ0) is 18.7. The number of hydrogen-bond donors (Lipinski definition) is 1. The maximum atomic E-state index is 12.7. The van der Waals surface area contributed by atoms with Crippen LogP contribution < -0.4 is 5.32 Å². The van der Waals surface area contributed by atoms with Crippen molar-refractivity contribution in [1.29, 1.82) is 0 Å². The van der Waals surface area contributed by atoms with Crippen LogP contribution in [0.2, 0.25) is 0 Å². The van der Waals surface area contributed by atoms with Gasteiger partial charge in [0.05, 0.1) is 12.8 Å². The zero-order valence-corrected chi connectivity index (χ0v) is 15.4. The van der Waals surface area contributed by atoms with Crippen LogP contribution in [0.25, 0.3) is 0 Å². The summed E-state index contributed by atoms with van der Waals surface area (Å²) in [6.07, 6.45) is 6.18. The average Bonchev–Trinajstić information content (AvgIpc) is 3.21. The van der Waals surface area contributed by atoms with Crippen molar-refractivity contribution >= 4 is 23.6 Å². The Morgan fingerprint density at radius 1 is 1.31 bits per heavy atom. The SMILES string of the molecule is CCOC(=O)c1cnn(C)c1NC(=O)[C@H]1CC[C@H](N2CCCC2=O)CC1. The summed E-state index contributed by atoms with van der Waals surface area (Å²) in [5.74, 6) is -0.108. The van der Waals surface area contributed by atoms with Crippen molar-refractivity contribution in [3.63, 3.8) is 0 Å². The Morgan fingerprint density at radius 3 is 2.65 bits per heavy atom. The van der Waals surface area contributed by atoms with Crippen LogP contribution in [0.4, 0.5) is 5.82 Å². The molecule has 0 unspecified atom stereocenters. The molecule has 8 heteroatoms. The highest BCUT2D eigenvalue weighted by Crippen LogP contribution is 2.31. The molecular formula is C18H26N4O4. The highest BCUT2D eigenvalue weighted by molar-refractivity contribution is 6.00. The number of carbonyl (C=O) groups is 3. The van der Waals surface area contributed by atoms with Gasteiger partial charge in [0.2, 0.25) is 11.8 Å². The van der Waals surface area contributed by atoms with Gasteiger partial charge in [-0.3, -0.25) is 14.3 Å². The molecule has 1 aromatic heterocycles. The first kappa shape index (κ1) is 18.4. The van der Waals surface area contributed by atoms with Crippen molar-refractivity contribution in [3.05, 3.63) is 11.8 Å². The van der Waals surface area contributed by atoms with Gasteiger partial charge < -0.3 is 15.0 Å². The number of ether oxygens (including phenoxy) is 1. The van der Waals surface area contributed by atoms with E-state index in [4.69, 9.17) is 4.74 Å². The molecule has 1 aliphatic carbocycles. The smallest absolute Gasteiger partial charge is 0.343 e. The highest BCUT2D eigenvalue weighted by atomic mass is 16.5. The van der Waals surface area contributed by atoms with E-state index < -0.39 is 5.97 Å². The number of aryl methyl sites for hydroxylation is 1. The number of amides is 2. The first-order valence-electron chi connectivity index (χ1n) is 9.30. The molecule has 1 saturated heterocycles. The van der Waals surface area contributed by atoms with Crippen molar-refractivity contribution in [2.45, 2.75) is 51.5 Å². The first-order valence-corrected chi connectivity index (χ1v) is 9.30. The van der Waals surface area contributed by atoms with E-state index in [1.54, 1.807) is 14.0 Å². The van der Waals surface area contributed by atoms with E-state index in [1.165, 1.54) is 10.9 Å². The van der Waals surface area contributed by atoms with Crippen LogP contribution in [-0.4, -0.2) is 51.7 Å². The fourth-order valence-corrected chi connectivity index (χ4v) is 3.87. The number of anilines is 1. The zero-order valence-electron chi connectivity index (χ0n) is 15.4. The van der Waals surface area contributed by atoms with Gasteiger partial charge in [0.15, 0.2) is 0 Å². The van der Waals surface area contributed by atoms with E-state index >= 15 is 0 Å². The monoisotopic (exact) mass is 362 g/mol. The molecule has 1 saturated carbocycles. The molecule has 0 radical (unpaired) electrons. The molecule has 2 fully saturated rings. The normalized spacial score (nSPS) is 23.2. The molecule has 1 aliphatic heterocycles. The topological polar surface area (TPSA) is 93.5 Å². The molecule has 8 nitrogen and oxygen atoms in total. The Balaban J connectivity index is 1.59. The van der Waals surface area contributed by atoms with Gasteiger partial charge in [0, 0.05) is 32.0 Å². The molecule has 2 heterocycles. The fraction of sp³-hybridized carbons (Fsp3) is 0.667. The summed E-state index contributed by atoms with van der Waals surface area (Å²) in [6, 6.07) is 0.265. The minimum Gasteiger partial charge on any atom is -0.462 e. The Labute approximate surface area is 152 Å². The first-order chi connectivity index (χ1) is 12.5. The van der Waals surface area contributed by atoms with Crippen LogP contribution in [-0.2, 0) is 21.4 Å². The molecule has 0 spiro atoms. The number of carbonyl (C=O) groups excluding carboxylic acids is 3. The third kappa shape index (κ3) is 3.73. The van der Waals surface area contributed by atoms with Gasteiger partial charge in [-0.1, -0.05) is 0 Å². The third-order valence-corrected chi connectivity index (χ3v) is 5.29. The van der Waals surface area contributed by atoms with Crippen LogP contribution in [0.1, 0.15) is 55.8 Å². The molecule has 3 rings (SSSR count). The molecule has 0 bridgehead atoms. The Kier molecular flexibility index (Phi) is 5.58. The number of nitrogens with zero attached hydrogens (tertiary/aromatic N) is 3. The Morgan fingerprint density at radius 2 is 2.04 bits per heavy atom. The van der Waals surface area contributed by atoms with E-state index in [0.29, 0.717) is 12.2 Å². The Bertz CT molecular complexity index is 691. The lowest BCUT2D eigenvalue weighted by molar-refractivity contribution is -0.130. The molecule has 0 atom stereocenters. The number of nitrogens with one attached hydrogen (secondary N) is 1. The molecule has 1 aromatic rings. The lowest BCUT2D eigenvalue weighted by Gasteiger charge is -2.34. The predicted octanol–water partition coefficient (Wildman–Crippen LogP) is 1.72. The van der Waals surface area contributed by atoms with Crippen LogP contribution in [0, 0.1) is 5.92 Å². The predicted molar refractivity (Wildman–Crippen MR) is 94.5 cm³/mol. The van der Waals surface area contributed by atoms with E-state index in [0.717, 1.165) is 38.6 Å². The van der Waals surface area contributed by atoms with Crippen molar-refractivity contribution < 1.29 is 19.1 Å². The maximum Gasteiger partial charge on any atom is 0.343 e. The number of hydrogen-bond acceptors (Lipinski definition) is 5. The van der Waals surface area contributed by atoms with Crippen molar-refractivity contribution in [2.24, 2.45) is 13.0 Å². The van der Waals surface area contributed by atoms with E-state index in [2.05, 4.69) is 10.4 Å². The summed E-state index contributed by atoms with van der Waals surface area (Å²) in [5.41, 5.74) is 0.263. The number of rotatable bonds is 5. The summed E-state index contributed by atoms with van der Waals surface area (Å²) in [5, 5.41) is 6.89. The standard InChI is InChI=1S/C18H26N4O4/c1-3-26-18(25)14-11-19-21(2)16(14)20-17(24)12-6-8-13(9-7-12)22-10-4-5-15(22)23/h11-13H,3-10H2,1-2H3,(H,20,24)/t12-,13-. The van der Waals surface area contributed by atoms with E-state index in [-0.39, 0.29) is 35.9 Å². The van der Waals surface area contributed by atoms with Crippen molar-refractivity contribution in [1.82, 2.24) is 14.7 Å². The number of esters is 1. The van der Waals surface area contributed by atoms with Crippen LogP contribution in [0.15, 0.2) is 6.20 Å². The van der Waals surface area contributed by atoms with E-state index in [1.807, 2.05) is 4.90 Å². The molecule has 26 heavy (non-hydrogen) atoms. The molecular weight excluding hydrogens is 336 g/mol. The van der Waals surface area contributed by atoms with Crippen LogP contribution >= 0.6 is 0 Å². The van der Waals surface area contributed by atoms with Gasteiger partial charge in [0.1, 0.15) is 11.4 Å². The van der Waals surface area contributed by atoms with Gasteiger partial charge >= 0.3 is 5.97 Å². The maximum absolute atomic E-state index is 12.7. The van der Waals surface area contributed by atoms with E-state index in [9.17, 15) is 14.4 Å². The highest BCUT2D eigenvalue weighted by Gasteiger charge is 2.34. The summed E-state index contributed by atoms with van der Waals surface area (Å²) in [7, 11) is 1.67. The molecule has 1 N–H and O–H groups in total. The van der Waals surface area contributed by atoms with Crippen LogP contribution in [0.5, 0.6) is 0 Å². The second kappa shape index (κ2) is 7.88. The number of likely N-dealkylation sites (tertiary alicyclic amines) is 1. The summed E-state index contributed by atoms with van der Waals surface area (Å²) >= 11 is 0. The lowest BCUT2D eigenvalue weighted by Crippen LogP contribution is -2.40. The number of aromatic nitrogens is 2. The molecule has 2 aliphatic rings. The second-order valence-corrected chi connectivity index (χ2v) is 6.94. The quantitative estimate of drug-likeness (QED) is 0.805. The lowest BCUT2D eigenvalue weighted by atomic mass is 9.85. The van der Waals surface area contributed by atoms with Gasteiger partial charge in [0.25, 0.3) is 0 Å². The van der Waals surface area contributed by atoms with Crippen LogP contribution in [0.3, 0.4) is 0 Å². The molecule has 0 aromatic carbocycles. The van der Waals surface area contributed by atoms with Gasteiger partial charge in [-0.05, 0) is 39.0 Å².